The van der Waals surface area contributed by atoms with Gasteiger partial charge in [-0.2, -0.15) is 0 Å². The number of aliphatic hydroxyl groups is 1. The van der Waals surface area contributed by atoms with Gasteiger partial charge in [-0.25, -0.2) is 0 Å². The van der Waals surface area contributed by atoms with Crippen LogP contribution in [0.2, 0.25) is 0 Å². The number of amidine groups is 1. The van der Waals surface area contributed by atoms with Crippen LogP contribution in [0.5, 0.6) is 0 Å². The van der Waals surface area contributed by atoms with Crippen LogP contribution in [0.15, 0.2) is 30.5 Å². The first kappa shape index (κ1) is 19.3. The summed E-state index contributed by atoms with van der Waals surface area (Å²) in [5.41, 5.74) is 2.72. The number of hydrogen-bond donors (Lipinski definition) is 2. The highest BCUT2D eigenvalue weighted by Gasteiger charge is 2.44. The van der Waals surface area contributed by atoms with Crippen LogP contribution in [0.1, 0.15) is 40.0 Å². The first-order valence-electron chi connectivity index (χ1n) is 8.20. The molecule has 4 unspecified atom stereocenters. The molecule has 0 aromatic rings. The standard InChI is InChI=1S/C19H28N2O2/c1-5-8-10-12-16(11-9-6-2)13-17(19-15(4)23-19)21(14-22)18(20)7-3/h8,10,12,15-17,19-20,22H,1,6-7,13-14H2,2-4H3. The minimum atomic E-state index is -0.172. The molecule has 0 spiro atoms. The quantitative estimate of drug-likeness (QED) is 0.138. The van der Waals surface area contributed by atoms with Crippen molar-refractivity contribution in [3.8, 4) is 11.8 Å². The maximum atomic E-state index is 9.72. The molecule has 1 heterocycles. The number of hydrogen-bond acceptors (Lipinski definition) is 3. The number of aliphatic hydroxyl groups excluding tert-OH is 1. The van der Waals surface area contributed by atoms with E-state index in [4.69, 9.17) is 10.1 Å². The Hall–Kier alpha value is -1.79. The lowest BCUT2D eigenvalue weighted by Crippen LogP contribution is -2.45. The Labute approximate surface area is 140 Å². The molecule has 4 heteroatoms. The second kappa shape index (κ2) is 10.1. The molecule has 0 aromatic heterocycles. The van der Waals surface area contributed by atoms with Crippen molar-refractivity contribution < 1.29 is 9.84 Å². The number of rotatable bonds is 8. The molecule has 0 amide bonds. The van der Waals surface area contributed by atoms with Gasteiger partial charge >= 0.3 is 0 Å². The highest BCUT2D eigenvalue weighted by Crippen LogP contribution is 2.32. The van der Waals surface area contributed by atoms with E-state index in [1.807, 2.05) is 32.9 Å². The monoisotopic (exact) mass is 316 g/mol. The van der Waals surface area contributed by atoms with Crippen LogP contribution in [0.25, 0.3) is 0 Å². The second-order valence-electron chi connectivity index (χ2n) is 5.56. The molecule has 0 saturated carbocycles. The maximum Gasteiger partial charge on any atom is 0.117 e. The van der Waals surface area contributed by atoms with E-state index in [1.54, 1.807) is 11.0 Å². The van der Waals surface area contributed by atoms with Crippen LogP contribution in [-0.2, 0) is 4.74 Å². The zero-order chi connectivity index (χ0) is 17.2. The smallest absolute Gasteiger partial charge is 0.117 e. The topological polar surface area (TPSA) is 59.9 Å². The molecule has 0 radical (unpaired) electrons. The highest BCUT2D eigenvalue weighted by molar-refractivity contribution is 5.79. The number of allylic oxidation sites excluding steroid dienone is 3. The normalized spacial score (nSPS) is 21.7. The first-order chi connectivity index (χ1) is 11.1. The third-order valence-electron chi connectivity index (χ3n) is 3.89. The molecule has 1 rings (SSSR count). The molecular formula is C19H28N2O2. The van der Waals surface area contributed by atoms with Crippen molar-refractivity contribution in [1.82, 2.24) is 4.90 Å². The molecule has 2 N–H and O–H groups in total. The average molecular weight is 316 g/mol. The predicted octanol–water partition coefficient (Wildman–Crippen LogP) is 3.10. The fraction of sp³-hybridized carbons (Fsp3) is 0.579. The largest absolute Gasteiger partial charge is 0.376 e. The lowest BCUT2D eigenvalue weighted by molar-refractivity contribution is 0.108. The third-order valence-corrected chi connectivity index (χ3v) is 3.89. The predicted molar refractivity (Wildman–Crippen MR) is 94.1 cm³/mol. The van der Waals surface area contributed by atoms with Gasteiger partial charge in [-0.3, -0.25) is 5.41 Å². The molecule has 1 fully saturated rings. The van der Waals surface area contributed by atoms with E-state index in [0.29, 0.717) is 18.7 Å². The van der Waals surface area contributed by atoms with Gasteiger partial charge in [0.15, 0.2) is 0 Å². The Morgan fingerprint density at radius 1 is 1.48 bits per heavy atom. The van der Waals surface area contributed by atoms with E-state index < -0.39 is 0 Å². The van der Waals surface area contributed by atoms with Crippen LogP contribution in [0.3, 0.4) is 0 Å². The summed E-state index contributed by atoms with van der Waals surface area (Å²) in [4.78, 5) is 1.73. The van der Waals surface area contributed by atoms with E-state index in [9.17, 15) is 5.11 Å². The molecule has 0 aliphatic carbocycles. The summed E-state index contributed by atoms with van der Waals surface area (Å²) in [7, 11) is 0. The van der Waals surface area contributed by atoms with Gasteiger partial charge < -0.3 is 14.7 Å². The molecule has 4 atom stereocenters. The van der Waals surface area contributed by atoms with Gasteiger partial charge in [-0.15, -0.1) is 11.7 Å². The van der Waals surface area contributed by atoms with Crippen molar-refractivity contribution in [2.45, 2.75) is 58.3 Å². The Balaban J connectivity index is 2.95. The van der Waals surface area contributed by atoms with Gasteiger partial charge in [0.2, 0.25) is 0 Å². The summed E-state index contributed by atoms with van der Waals surface area (Å²) in [6.45, 7) is 9.34. The van der Waals surface area contributed by atoms with Crippen LogP contribution in [-0.4, -0.2) is 40.8 Å². The number of nitrogens with one attached hydrogen (secondary N) is 1. The van der Waals surface area contributed by atoms with Crippen LogP contribution in [0, 0.1) is 23.2 Å². The molecule has 1 saturated heterocycles. The number of epoxide rings is 1. The minimum absolute atomic E-state index is 0.0413. The van der Waals surface area contributed by atoms with Crippen molar-refractivity contribution in [3.05, 3.63) is 30.5 Å². The van der Waals surface area contributed by atoms with E-state index in [1.165, 1.54) is 0 Å². The molecule has 0 aromatic carbocycles. The summed E-state index contributed by atoms with van der Waals surface area (Å²) >= 11 is 0. The molecule has 4 nitrogen and oxygen atoms in total. The van der Waals surface area contributed by atoms with Gasteiger partial charge in [-0.1, -0.05) is 38.5 Å². The highest BCUT2D eigenvalue weighted by atomic mass is 16.6. The van der Waals surface area contributed by atoms with Gasteiger partial charge in [0.25, 0.3) is 0 Å². The van der Waals surface area contributed by atoms with Crippen molar-refractivity contribution >= 4 is 5.84 Å². The lowest BCUT2D eigenvalue weighted by Gasteiger charge is -2.32. The van der Waals surface area contributed by atoms with Crippen LogP contribution >= 0.6 is 0 Å². The summed E-state index contributed by atoms with van der Waals surface area (Å²) in [5.74, 6) is 6.85. The average Bonchev–Trinajstić information content (AvgIpc) is 3.28. The zero-order valence-corrected chi connectivity index (χ0v) is 14.4. The van der Waals surface area contributed by atoms with Gasteiger partial charge in [0.05, 0.1) is 18.0 Å². The molecule has 1 aliphatic heterocycles. The Bertz CT molecular complexity index is 523. The fourth-order valence-electron chi connectivity index (χ4n) is 2.57. The summed E-state index contributed by atoms with van der Waals surface area (Å²) in [6.07, 6.45) is 7.97. The lowest BCUT2D eigenvalue weighted by atomic mass is 9.95. The number of ether oxygens (including phenoxy) is 1. The van der Waals surface area contributed by atoms with Crippen molar-refractivity contribution in [2.75, 3.05) is 6.73 Å². The van der Waals surface area contributed by atoms with E-state index in [0.717, 1.165) is 6.42 Å². The molecule has 23 heavy (non-hydrogen) atoms. The SMILES string of the molecule is C=C=CC=CC(C#CCC)CC(C1OC1C)N(CO)C(=N)CC. The second-order valence-corrected chi connectivity index (χ2v) is 5.56. The minimum Gasteiger partial charge on any atom is -0.376 e. The summed E-state index contributed by atoms with van der Waals surface area (Å²) in [6, 6.07) is -0.0454. The zero-order valence-electron chi connectivity index (χ0n) is 14.4. The van der Waals surface area contributed by atoms with E-state index in [-0.39, 0.29) is 30.9 Å². The van der Waals surface area contributed by atoms with E-state index in [2.05, 4.69) is 24.2 Å². The summed E-state index contributed by atoms with van der Waals surface area (Å²) < 4.78 is 5.64. The van der Waals surface area contributed by atoms with Crippen LogP contribution in [0.4, 0.5) is 0 Å². The van der Waals surface area contributed by atoms with Gasteiger partial charge in [-0.05, 0) is 19.4 Å². The molecule has 126 valence electrons. The van der Waals surface area contributed by atoms with E-state index >= 15 is 0 Å². The fourth-order valence-corrected chi connectivity index (χ4v) is 2.57. The molecule has 0 bridgehead atoms. The van der Waals surface area contributed by atoms with Crippen molar-refractivity contribution in [2.24, 2.45) is 5.92 Å². The molecular weight excluding hydrogens is 288 g/mol. The summed E-state index contributed by atoms with van der Waals surface area (Å²) in [5, 5.41) is 17.8. The molecule has 1 aliphatic rings. The van der Waals surface area contributed by atoms with Crippen molar-refractivity contribution in [1.29, 1.82) is 5.41 Å². The Morgan fingerprint density at radius 3 is 2.65 bits per heavy atom. The van der Waals surface area contributed by atoms with Gasteiger partial charge in [0, 0.05) is 18.8 Å². The Kier molecular flexibility index (Phi) is 8.43. The van der Waals surface area contributed by atoms with Gasteiger partial charge in [0.1, 0.15) is 12.8 Å². The third kappa shape index (κ3) is 6.08. The maximum absolute atomic E-state index is 9.72. The van der Waals surface area contributed by atoms with Crippen molar-refractivity contribution in [3.63, 3.8) is 0 Å². The first-order valence-corrected chi connectivity index (χ1v) is 8.20. The number of nitrogens with zero attached hydrogens (tertiary/aromatic N) is 1. The van der Waals surface area contributed by atoms with Crippen LogP contribution < -0.4 is 0 Å². The Morgan fingerprint density at radius 2 is 2.17 bits per heavy atom.